The molecule has 0 aromatic heterocycles. The fourth-order valence-electron chi connectivity index (χ4n) is 11.0. The van der Waals surface area contributed by atoms with Crippen LogP contribution in [-0.4, -0.2) is 87.5 Å². The number of hydrogen-bond donors (Lipinski definition) is 6. The van der Waals surface area contributed by atoms with Gasteiger partial charge in [-0.2, -0.15) is 0 Å². The molecule has 0 radical (unpaired) electrons. The Balaban J connectivity index is 2.13. The maximum absolute atomic E-state index is 13.1. The van der Waals surface area contributed by atoms with E-state index in [0.29, 0.717) is 12.8 Å². The van der Waals surface area contributed by atoms with Crippen LogP contribution in [0.2, 0.25) is 0 Å². The zero-order chi connectivity index (χ0) is 52.9. The van der Waals surface area contributed by atoms with Crippen LogP contribution in [0.25, 0.3) is 0 Å². The number of ether oxygens (including phenoxy) is 2. The van der Waals surface area contributed by atoms with Gasteiger partial charge in [0.05, 0.1) is 25.4 Å². The predicted octanol–water partition coefficient (Wildman–Crippen LogP) is 17.0. The Hall–Kier alpha value is -0.810. The zero-order valence-electron chi connectivity index (χ0n) is 48.7. The highest BCUT2D eigenvalue weighted by Crippen LogP contribution is 2.24. The van der Waals surface area contributed by atoms with E-state index in [2.05, 4.69) is 19.2 Å². The van der Waals surface area contributed by atoms with Crippen LogP contribution >= 0.6 is 0 Å². The lowest BCUT2D eigenvalue weighted by Crippen LogP contribution is -2.60. The zero-order valence-corrected chi connectivity index (χ0v) is 48.7. The third-order valence-corrected chi connectivity index (χ3v) is 16.2. The fourth-order valence-corrected chi connectivity index (χ4v) is 11.0. The van der Waals surface area contributed by atoms with Crippen molar-refractivity contribution in [1.82, 2.24) is 5.32 Å². The summed E-state index contributed by atoms with van der Waals surface area (Å²) in [5.74, 6) is -0.134. The minimum absolute atomic E-state index is 0.130. The Kier molecular flexibility index (Phi) is 52.5. The molecule has 1 fully saturated rings. The number of unbranched alkanes of at least 4 members (excludes halogenated alkanes) is 48. The van der Waals surface area contributed by atoms with Crippen LogP contribution in [0.4, 0.5) is 0 Å². The average molecular weight is 1040 g/mol. The van der Waals surface area contributed by atoms with E-state index in [9.17, 15) is 30.3 Å². The monoisotopic (exact) mass is 1040 g/mol. The molecule has 7 atom stereocenters. The van der Waals surface area contributed by atoms with E-state index < -0.39 is 49.5 Å². The summed E-state index contributed by atoms with van der Waals surface area (Å²) in [5.41, 5.74) is 0. The molecule has 9 heteroatoms. The van der Waals surface area contributed by atoms with Crippen molar-refractivity contribution in [2.45, 2.75) is 391 Å². The van der Waals surface area contributed by atoms with Gasteiger partial charge in [-0.05, 0) is 12.8 Å². The third kappa shape index (κ3) is 43.8. The van der Waals surface area contributed by atoms with Gasteiger partial charge in [0.1, 0.15) is 24.4 Å². The second-order valence-electron chi connectivity index (χ2n) is 23.3. The van der Waals surface area contributed by atoms with Gasteiger partial charge in [-0.25, -0.2) is 0 Å². The summed E-state index contributed by atoms with van der Waals surface area (Å²) >= 11 is 0. The average Bonchev–Trinajstić information content (AvgIpc) is 3.39. The highest BCUT2D eigenvalue weighted by atomic mass is 16.7. The van der Waals surface area contributed by atoms with E-state index in [1.54, 1.807) is 0 Å². The van der Waals surface area contributed by atoms with Crippen LogP contribution in [0.15, 0.2) is 0 Å². The van der Waals surface area contributed by atoms with Gasteiger partial charge in [-0.1, -0.05) is 328 Å². The van der Waals surface area contributed by atoms with Gasteiger partial charge in [0, 0.05) is 6.42 Å². The molecular weight excluding hydrogens is 911 g/mol. The van der Waals surface area contributed by atoms with Crippen LogP contribution in [0.5, 0.6) is 0 Å². The standard InChI is InChI=1S/C64H127NO8/c1-3-5-7-9-11-13-15-17-19-21-23-25-27-29-30-32-34-36-38-40-42-44-46-48-50-52-54-60(68)65-57(56-72-64-63(71)62(70)61(69)59(55-66)73-64)58(67)53-51-49-47-45-43-41-39-37-35-33-31-28-26-24-22-20-18-16-14-12-10-8-6-4-2/h57-59,61-64,66-67,69-71H,3-56H2,1-2H3,(H,65,68). The van der Waals surface area contributed by atoms with Crippen LogP contribution in [0.1, 0.15) is 348 Å². The van der Waals surface area contributed by atoms with Crippen molar-refractivity contribution in [1.29, 1.82) is 0 Å². The number of aliphatic hydroxyl groups is 5. The molecule has 1 aliphatic rings. The molecule has 9 nitrogen and oxygen atoms in total. The summed E-state index contributed by atoms with van der Waals surface area (Å²) in [6.45, 7) is 3.90. The number of rotatable bonds is 58. The molecule has 1 rings (SSSR count). The lowest BCUT2D eigenvalue weighted by molar-refractivity contribution is -0.302. The third-order valence-electron chi connectivity index (χ3n) is 16.2. The molecule has 1 amide bonds. The van der Waals surface area contributed by atoms with E-state index in [0.717, 1.165) is 38.5 Å². The Labute approximate surface area is 453 Å². The summed E-state index contributed by atoms with van der Waals surface area (Å²) in [6, 6.07) is -0.714. The molecule has 73 heavy (non-hydrogen) atoms. The van der Waals surface area contributed by atoms with Crippen LogP contribution in [0, 0.1) is 0 Å². The highest BCUT2D eigenvalue weighted by molar-refractivity contribution is 5.76. The van der Waals surface area contributed by atoms with Gasteiger partial charge in [0.2, 0.25) is 5.91 Å². The van der Waals surface area contributed by atoms with Crippen LogP contribution in [-0.2, 0) is 14.3 Å². The summed E-state index contributed by atoms with van der Waals surface area (Å²) in [5, 5.41) is 54.9. The Morgan fingerprint density at radius 3 is 0.973 bits per heavy atom. The first kappa shape index (κ1) is 70.2. The Morgan fingerprint density at radius 2 is 0.685 bits per heavy atom. The molecule has 436 valence electrons. The van der Waals surface area contributed by atoms with Crippen molar-refractivity contribution in [3.63, 3.8) is 0 Å². The molecule has 1 aliphatic heterocycles. The normalized spacial score (nSPS) is 18.9. The molecule has 0 bridgehead atoms. The number of carbonyl (C=O) groups excluding carboxylic acids is 1. The number of hydrogen-bond acceptors (Lipinski definition) is 8. The van der Waals surface area contributed by atoms with Gasteiger partial charge >= 0.3 is 0 Å². The highest BCUT2D eigenvalue weighted by Gasteiger charge is 2.44. The van der Waals surface area contributed by atoms with Gasteiger partial charge in [-0.15, -0.1) is 0 Å². The second-order valence-corrected chi connectivity index (χ2v) is 23.3. The van der Waals surface area contributed by atoms with E-state index >= 15 is 0 Å². The molecule has 0 aliphatic carbocycles. The van der Waals surface area contributed by atoms with Crippen molar-refractivity contribution in [2.75, 3.05) is 13.2 Å². The minimum Gasteiger partial charge on any atom is -0.394 e. The smallest absolute Gasteiger partial charge is 0.220 e. The first-order valence-electron chi connectivity index (χ1n) is 32.7. The van der Waals surface area contributed by atoms with Gasteiger partial charge in [0.25, 0.3) is 0 Å². The minimum atomic E-state index is -1.55. The quantitative estimate of drug-likeness (QED) is 0.0330. The first-order chi connectivity index (χ1) is 35.8. The van der Waals surface area contributed by atoms with E-state index in [1.165, 1.54) is 283 Å². The van der Waals surface area contributed by atoms with Crippen molar-refractivity contribution >= 4 is 5.91 Å². The number of amides is 1. The van der Waals surface area contributed by atoms with Crippen molar-refractivity contribution in [3.05, 3.63) is 0 Å². The van der Waals surface area contributed by atoms with Gasteiger partial charge in [-0.3, -0.25) is 4.79 Å². The molecule has 0 aromatic rings. The molecule has 1 heterocycles. The van der Waals surface area contributed by atoms with Crippen LogP contribution < -0.4 is 5.32 Å². The predicted molar refractivity (Wildman–Crippen MR) is 309 cm³/mol. The number of aliphatic hydroxyl groups excluding tert-OH is 5. The summed E-state index contributed by atoms with van der Waals surface area (Å²) in [7, 11) is 0. The second kappa shape index (κ2) is 54.5. The first-order valence-corrected chi connectivity index (χ1v) is 32.7. The SMILES string of the molecule is CCCCCCCCCCCCCCCCCCCCCCCCCCCCC(=O)NC(COC1OC(CO)C(O)C(O)C1O)C(O)CCCCCCCCCCCCCCCCCCCCCCCCCC. The molecule has 1 saturated heterocycles. The van der Waals surface area contributed by atoms with Crippen LogP contribution in [0.3, 0.4) is 0 Å². The van der Waals surface area contributed by atoms with E-state index in [4.69, 9.17) is 9.47 Å². The summed E-state index contributed by atoms with van der Waals surface area (Å²) in [6.07, 6.45) is 60.1. The molecule has 0 spiro atoms. The van der Waals surface area contributed by atoms with Crippen molar-refractivity contribution in [2.24, 2.45) is 0 Å². The molecular formula is C64H127NO8. The Bertz CT molecular complexity index is 1110. The number of carbonyl (C=O) groups is 1. The van der Waals surface area contributed by atoms with Crippen molar-refractivity contribution in [3.8, 4) is 0 Å². The summed E-state index contributed by atoms with van der Waals surface area (Å²) < 4.78 is 11.4. The van der Waals surface area contributed by atoms with Gasteiger partial charge in [0.15, 0.2) is 6.29 Å². The summed E-state index contributed by atoms with van der Waals surface area (Å²) in [4.78, 5) is 13.1. The maximum atomic E-state index is 13.1. The van der Waals surface area contributed by atoms with Gasteiger partial charge < -0.3 is 40.3 Å². The lowest BCUT2D eigenvalue weighted by atomic mass is 9.99. The molecule has 6 N–H and O–H groups in total. The fraction of sp³-hybridized carbons (Fsp3) is 0.984. The Morgan fingerprint density at radius 1 is 0.411 bits per heavy atom. The maximum Gasteiger partial charge on any atom is 0.220 e. The molecule has 0 aromatic carbocycles. The van der Waals surface area contributed by atoms with E-state index in [-0.39, 0.29) is 12.5 Å². The molecule has 7 unspecified atom stereocenters. The van der Waals surface area contributed by atoms with Crippen molar-refractivity contribution < 1.29 is 39.8 Å². The largest absolute Gasteiger partial charge is 0.394 e. The topological polar surface area (TPSA) is 149 Å². The van der Waals surface area contributed by atoms with E-state index in [1.807, 2.05) is 0 Å². The lowest BCUT2D eigenvalue weighted by Gasteiger charge is -2.40. The number of nitrogens with one attached hydrogen (secondary N) is 1. The molecule has 0 saturated carbocycles.